The highest BCUT2D eigenvalue weighted by Gasteiger charge is 2.32. The molecule has 1 aromatic carbocycles. The van der Waals surface area contributed by atoms with E-state index in [0.717, 1.165) is 18.5 Å². The van der Waals surface area contributed by atoms with Crippen molar-refractivity contribution < 1.29 is 4.39 Å². The molecule has 1 aliphatic heterocycles. The first kappa shape index (κ1) is 16.2. The van der Waals surface area contributed by atoms with Crippen LogP contribution in [-0.4, -0.2) is 28.6 Å². The van der Waals surface area contributed by atoms with Gasteiger partial charge in [0.05, 0.1) is 0 Å². The second-order valence-electron chi connectivity index (χ2n) is 5.14. The van der Waals surface area contributed by atoms with Gasteiger partial charge in [-0.25, -0.2) is 4.39 Å². The summed E-state index contributed by atoms with van der Waals surface area (Å²) in [6.07, 6.45) is 2.29. The first-order chi connectivity index (χ1) is 9.76. The Bertz CT molecular complexity index is 413. The van der Waals surface area contributed by atoms with Crippen molar-refractivity contribution in [2.24, 2.45) is 0 Å². The lowest BCUT2D eigenvalue weighted by molar-refractivity contribution is 0.494. The third-order valence-electron chi connectivity index (χ3n) is 3.64. The van der Waals surface area contributed by atoms with E-state index in [1.165, 1.54) is 24.0 Å². The fourth-order valence-electron chi connectivity index (χ4n) is 2.67. The van der Waals surface area contributed by atoms with Gasteiger partial charge in [0.1, 0.15) is 5.82 Å². The SMILES string of the molecule is CCCNC(c1cccc(F)c1)C1SCCSC1CC. The maximum absolute atomic E-state index is 13.6. The number of halogens is 1. The fraction of sp³-hybridized carbons (Fsp3) is 0.625. The van der Waals surface area contributed by atoms with E-state index in [1.54, 1.807) is 6.07 Å². The Hall–Kier alpha value is -0.190. The molecule has 2 rings (SSSR count). The molecule has 1 saturated heterocycles. The lowest BCUT2D eigenvalue weighted by Gasteiger charge is -2.36. The van der Waals surface area contributed by atoms with E-state index in [4.69, 9.17) is 0 Å². The summed E-state index contributed by atoms with van der Waals surface area (Å²) in [5.41, 5.74) is 1.09. The fourth-order valence-corrected chi connectivity index (χ4v) is 5.92. The van der Waals surface area contributed by atoms with Gasteiger partial charge in [0.25, 0.3) is 0 Å². The third kappa shape index (κ3) is 4.15. The van der Waals surface area contributed by atoms with Gasteiger partial charge in [-0.15, -0.1) is 0 Å². The van der Waals surface area contributed by atoms with Crippen molar-refractivity contribution in [3.8, 4) is 0 Å². The van der Waals surface area contributed by atoms with Crippen LogP contribution in [0.4, 0.5) is 4.39 Å². The standard InChI is InChI=1S/C16H24FNS2/c1-3-8-18-15(12-6-5-7-13(17)11-12)16-14(4-2)19-9-10-20-16/h5-7,11,14-16,18H,3-4,8-10H2,1-2H3. The molecule has 4 heteroatoms. The van der Waals surface area contributed by atoms with Crippen LogP contribution in [-0.2, 0) is 0 Å². The minimum absolute atomic E-state index is 0.132. The van der Waals surface area contributed by atoms with Gasteiger partial charge in [0, 0.05) is 28.0 Å². The molecule has 112 valence electrons. The van der Waals surface area contributed by atoms with E-state index in [0.29, 0.717) is 10.5 Å². The summed E-state index contributed by atoms with van der Waals surface area (Å²) in [4.78, 5) is 0. The largest absolute Gasteiger partial charge is 0.309 e. The van der Waals surface area contributed by atoms with Crippen molar-refractivity contribution in [1.82, 2.24) is 5.32 Å². The van der Waals surface area contributed by atoms with Crippen LogP contribution >= 0.6 is 23.5 Å². The molecule has 1 aromatic rings. The molecule has 0 radical (unpaired) electrons. The van der Waals surface area contributed by atoms with Gasteiger partial charge in [-0.3, -0.25) is 0 Å². The molecule has 0 aliphatic carbocycles. The predicted molar refractivity (Wildman–Crippen MR) is 90.2 cm³/mol. The zero-order chi connectivity index (χ0) is 14.4. The maximum atomic E-state index is 13.6. The highest BCUT2D eigenvalue weighted by atomic mass is 32.2. The van der Waals surface area contributed by atoms with E-state index in [2.05, 4.69) is 37.0 Å². The van der Waals surface area contributed by atoms with Gasteiger partial charge in [-0.2, -0.15) is 23.5 Å². The molecule has 0 spiro atoms. The highest BCUT2D eigenvalue weighted by Crippen LogP contribution is 2.40. The Balaban J connectivity index is 2.21. The number of hydrogen-bond acceptors (Lipinski definition) is 3. The molecule has 1 N–H and O–H groups in total. The molecular formula is C16H24FNS2. The van der Waals surface area contributed by atoms with Crippen molar-refractivity contribution in [1.29, 1.82) is 0 Å². The topological polar surface area (TPSA) is 12.0 Å². The molecule has 0 aromatic heterocycles. The molecule has 20 heavy (non-hydrogen) atoms. The van der Waals surface area contributed by atoms with Crippen LogP contribution in [0.5, 0.6) is 0 Å². The van der Waals surface area contributed by atoms with E-state index < -0.39 is 0 Å². The third-order valence-corrected chi connectivity index (χ3v) is 7.00. The molecule has 1 aliphatic rings. The second-order valence-corrected chi connectivity index (χ2v) is 7.77. The Labute approximate surface area is 130 Å². The Kier molecular flexibility index (Phi) is 6.72. The molecule has 1 nitrogen and oxygen atoms in total. The Morgan fingerprint density at radius 1 is 1.30 bits per heavy atom. The van der Waals surface area contributed by atoms with Crippen LogP contribution in [0.1, 0.15) is 38.3 Å². The summed E-state index contributed by atoms with van der Waals surface area (Å²) in [5, 5.41) is 4.84. The number of hydrogen-bond donors (Lipinski definition) is 1. The molecule has 0 saturated carbocycles. The van der Waals surface area contributed by atoms with E-state index in [-0.39, 0.29) is 11.9 Å². The van der Waals surface area contributed by atoms with Gasteiger partial charge in [0.2, 0.25) is 0 Å². The van der Waals surface area contributed by atoms with E-state index >= 15 is 0 Å². The zero-order valence-corrected chi connectivity index (χ0v) is 13.9. The van der Waals surface area contributed by atoms with Gasteiger partial charge >= 0.3 is 0 Å². The van der Waals surface area contributed by atoms with Crippen molar-refractivity contribution in [3.63, 3.8) is 0 Å². The smallest absolute Gasteiger partial charge is 0.123 e. The number of nitrogens with one attached hydrogen (secondary N) is 1. The Morgan fingerprint density at radius 3 is 2.80 bits per heavy atom. The van der Waals surface area contributed by atoms with Gasteiger partial charge in [0.15, 0.2) is 0 Å². The summed E-state index contributed by atoms with van der Waals surface area (Å²) in [7, 11) is 0. The lowest BCUT2D eigenvalue weighted by atomic mass is 9.99. The summed E-state index contributed by atoms with van der Waals surface area (Å²) >= 11 is 4.13. The monoisotopic (exact) mass is 313 g/mol. The van der Waals surface area contributed by atoms with Crippen LogP contribution in [0.2, 0.25) is 0 Å². The average Bonchev–Trinajstić information content (AvgIpc) is 2.48. The number of benzene rings is 1. The molecule has 3 unspecified atom stereocenters. The normalized spacial score (nSPS) is 24.6. The average molecular weight is 314 g/mol. The van der Waals surface area contributed by atoms with Gasteiger partial charge in [-0.1, -0.05) is 26.0 Å². The number of thioether (sulfide) groups is 2. The molecular weight excluding hydrogens is 289 g/mol. The molecule has 0 bridgehead atoms. The summed E-state index contributed by atoms with van der Waals surface area (Å²) in [5.74, 6) is 2.31. The van der Waals surface area contributed by atoms with Crippen LogP contribution in [0.25, 0.3) is 0 Å². The van der Waals surface area contributed by atoms with Gasteiger partial charge in [-0.05, 0) is 37.1 Å². The van der Waals surface area contributed by atoms with Crippen LogP contribution in [0.15, 0.2) is 24.3 Å². The van der Waals surface area contributed by atoms with Crippen LogP contribution in [0, 0.1) is 5.82 Å². The summed E-state index contributed by atoms with van der Waals surface area (Å²) in [6.45, 7) is 5.42. The second kappa shape index (κ2) is 8.30. The summed E-state index contributed by atoms with van der Waals surface area (Å²) < 4.78 is 13.6. The molecule has 1 fully saturated rings. The Morgan fingerprint density at radius 2 is 2.10 bits per heavy atom. The van der Waals surface area contributed by atoms with E-state index in [1.807, 2.05) is 17.8 Å². The molecule has 0 amide bonds. The highest BCUT2D eigenvalue weighted by molar-refractivity contribution is 8.07. The lowest BCUT2D eigenvalue weighted by Crippen LogP contribution is -2.39. The zero-order valence-electron chi connectivity index (χ0n) is 12.3. The quantitative estimate of drug-likeness (QED) is 0.831. The minimum Gasteiger partial charge on any atom is -0.309 e. The van der Waals surface area contributed by atoms with Gasteiger partial charge < -0.3 is 5.32 Å². The molecule has 3 atom stereocenters. The van der Waals surface area contributed by atoms with Crippen molar-refractivity contribution in [2.75, 3.05) is 18.1 Å². The maximum Gasteiger partial charge on any atom is 0.123 e. The van der Waals surface area contributed by atoms with Crippen molar-refractivity contribution in [3.05, 3.63) is 35.6 Å². The first-order valence-electron chi connectivity index (χ1n) is 7.48. The first-order valence-corrected chi connectivity index (χ1v) is 9.58. The summed E-state index contributed by atoms with van der Waals surface area (Å²) in [6, 6.07) is 7.37. The predicted octanol–water partition coefficient (Wildman–Crippen LogP) is 4.49. The van der Waals surface area contributed by atoms with Crippen molar-refractivity contribution in [2.45, 2.75) is 43.2 Å². The van der Waals surface area contributed by atoms with Crippen LogP contribution in [0.3, 0.4) is 0 Å². The minimum atomic E-state index is -0.132. The number of rotatable bonds is 6. The van der Waals surface area contributed by atoms with E-state index in [9.17, 15) is 4.39 Å². The van der Waals surface area contributed by atoms with Crippen LogP contribution < -0.4 is 5.32 Å². The molecule has 1 heterocycles. The van der Waals surface area contributed by atoms with Crippen molar-refractivity contribution >= 4 is 23.5 Å².